The fraction of sp³-hybridized carbons (Fsp3) is 0. The third-order valence-electron chi connectivity index (χ3n) is 0. The van der Waals surface area contributed by atoms with Gasteiger partial charge in [-0.05, 0) is 0 Å². The van der Waals surface area contributed by atoms with Crippen molar-refractivity contribution in [2.24, 2.45) is 0 Å². The van der Waals surface area contributed by atoms with Gasteiger partial charge >= 0.3 is 85.4 Å². The third-order valence-corrected chi connectivity index (χ3v) is 0. The van der Waals surface area contributed by atoms with E-state index in [9.17, 15) is 0 Å². The zero-order valence-corrected chi connectivity index (χ0v) is 17.3. The van der Waals surface area contributed by atoms with Crippen LogP contribution in [0, 0.1) is 0 Å². The molecule has 9 heavy (non-hydrogen) atoms. The molecule has 0 amide bonds. The second kappa shape index (κ2) is 14.4. The molecule has 0 rings (SSSR count). The first-order chi connectivity index (χ1) is 2.00. The van der Waals surface area contributed by atoms with E-state index in [0.717, 1.165) is 0 Å². The van der Waals surface area contributed by atoms with Crippen molar-refractivity contribution in [1.82, 2.24) is 0 Å². The van der Waals surface area contributed by atoms with Crippen LogP contribution in [0.15, 0.2) is 0 Å². The first-order valence-electron chi connectivity index (χ1n) is 0.783. The normalized spacial score (nSPS) is 6.56. The molecular weight excluding hydrogens is 495 g/mol. The number of hydrogen-bond acceptors (Lipinski definition) is 1. The summed E-state index contributed by atoms with van der Waals surface area (Å²) in [6, 6.07) is 0. The SMILES string of the molecule is O=P(O)(O)O.[BiH3].[Fe].[H-].[K+].[Mo]. The molecule has 0 aromatic carbocycles. The summed E-state index contributed by atoms with van der Waals surface area (Å²) in [5, 5.41) is 0. The summed E-state index contributed by atoms with van der Waals surface area (Å²) in [6.45, 7) is 0. The summed E-state index contributed by atoms with van der Waals surface area (Å²) in [4.78, 5) is 21.6. The van der Waals surface area contributed by atoms with Crippen LogP contribution < -0.4 is 51.4 Å². The Morgan fingerprint density at radius 1 is 1.22 bits per heavy atom. The van der Waals surface area contributed by atoms with Crippen molar-refractivity contribution in [2.45, 2.75) is 0 Å². The molecule has 56 valence electrons. The van der Waals surface area contributed by atoms with Gasteiger partial charge in [-0.3, -0.25) is 0 Å². The Hall–Kier alpha value is 3.84. The zero-order valence-electron chi connectivity index (χ0n) is 5.67. The summed E-state index contributed by atoms with van der Waals surface area (Å²) < 4.78 is 8.88. The maximum atomic E-state index is 8.88. The van der Waals surface area contributed by atoms with Gasteiger partial charge in [0.2, 0.25) is 0 Å². The van der Waals surface area contributed by atoms with E-state index in [1.165, 1.54) is 0 Å². The van der Waals surface area contributed by atoms with E-state index in [4.69, 9.17) is 19.2 Å². The van der Waals surface area contributed by atoms with Gasteiger partial charge in [-0.25, -0.2) is 4.57 Å². The second-order valence-electron chi connectivity index (χ2n) is 0.513. The smallest absolute Gasteiger partial charge is 1.00 e. The zero-order chi connectivity index (χ0) is 4.50. The monoisotopic (exact) mass is 504 g/mol. The molecule has 0 spiro atoms. The molecule has 0 atom stereocenters. The van der Waals surface area contributed by atoms with Gasteiger partial charge in [-0.1, -0.05) is 0 Å². The summed E-state index contributed by atoms with van der Waals surface area (Å²) in [5.74, 6) is 0. The molecule has 0 fully saturated rings. The van der Waals surface area contributed by atoms with Crippen molar-refractivity contribution in [1.29, 1.82) is 0 Å². The van der Waals surface area contributed by atoms with Gasteiger partial charge in [0.25, 0.3) is 0 Å². The maximum Gasteiger partial charge on any atom is 1.00 e. The topological polar surface area (TPSA) is 77.8 Å². The van der Waals surface area contributed by atoms with Crippen LogP contribution in [0.4, 0.5) is 0 Å². The van der Waals surface area contributed by atoms with Crippen LogP contribution in [0.25, 0.3) is 0 Å². The minimum Gasteiger partial charge on any atom is -1.00 e. The van der Waals surface area contributed by atoms with Crippen LogP contribution in [0.3, 0.4) is 0 Å². The van der Waals surface area contributed by atoms with Crippen LogP contribution in [-0.2, 0) is 42.7 Å². The molecule has 0 saturated heterocycles. The maximum absolute atomic E-state index is 8.88. The van der Waals surface area contributed by atoms with Gasteiger partial charge < -0.3 is 16.1 Å². The molecular formula is H7BiFeKMoO4P. The van der Waals surface area contributed by atoms with E-state index >= 15 is 0 Å². The second-order valence-corrected chi connectivity index (χ2v) is 1.54. The molecule has 3 N–H and O–H groups in total. The molecule has 0 aliphatic rings. The standard InChI is InChI=1S/Bi.Fe.K.Mo.H3O4P.4H/c;;;;1-5(2,3)4;;;;/h;;;;(H3,1,2,3,4);;;;/q;;+1;;;;;;-1. The number of phosphoric acid groups is 1. The molecule has 0 bridgehead atoms. The van der Waals surface area contributed by atoms with Crippen molar-refractivity contribution in [3.05, 3.63) is 0 Å². The first-order valence-corrected chi connectivity index (χ1v) is 2.35. The van der Waals surface area contributed by atoms with E-state index in [1.54, 1.807) is 0 Å². The van der Waals surface area contributed by atoms with Crippen LogP contribution in [0.5, 0.6) is 0 Å². The van der Waals surface area contributed by atoms with Gasteiger partial charge in [0.15, 0.2) is 0 Å². The van der Waals surface area contributed by atoms with Crippen molar-refractivity contribution in [2.75, 3.05) is 0 Å². The summed E-state index contributed by atoms with van der Waals surface area (Å²) in [6.07, 6.45) is 0. The summed E-state index contributed by atoms with van der Waals surface area (Å²) in [7, 11) is -4.64. The Bertz CT molecular complexity index is 71.4. The third kappa shape index (κ3) is 77.8. The summed E-state index contributed by atoms with van der Waals surface area (Å²) in [5.41, 5.74) is 0. The van der Waals surface area contributed by atoms with E-state index in [0.29, 0.717) is 0 Å². The Balaban J connectivity index is -0.00000000800. The van der Waals surface area contributed by atoms with E-state index < -0.39 is 7.82 Å². The predicted octanol–water partition coefficient (Wildman–Crippen LogP) is -5.00. The van der Waals surface area contributed by atoms with Crippen molar-refractivity contribution < 1.29 is 110 Å². The Morgan fingerprint density at radius 3 is 1.22 bits per heavy atom. The fourth-order valence-electron chi connectivity index (χ4n) is 0. The van der Waals surface area contributed by atoms with Crippen LogP contribution in [0.2, 0.25) is 0 Å². The first kappa shape index (κ1) is 29.3. The molecule has 0 aliphatic carbocycles. The molecule has 9 heteroatoms. The minimum atomic E-state index is -4.64. The van der Waals surface area contributed by atoms with Crippen molar-refractivity contribution in [3.8, 4) is 0 Å². The minimum absolute atomic E-state index is 0. The van der Waals surface area contributed by atoms with Gasteiger partial charge in [0.1, 0.15) is 0 Å². The Kier molecular flexibility index (Phi) is 46.7. The van der Waals surface area contributed by atoms with Gasteiger partial charge in [0.05, 0.1) is 0 Å². The number of hydrogen-bond donors (Lipinski definition) is 3. The van der Waals surface area contributed by atoms with Crippen LogP contribution >= 0.6 is 7.82 Å². The molecule has 4 nitrogen and oxygen atoms in total. The molecule has 0 radical (unpaired) electrons. The molecule has 0 aromatic rings. The quantitative estimate of drug-likeness (QED) is 0.230. The Labute approximate surface area is 141 Å². The van der Waals surface area contributed by atoms with Crippen LogP contribution in [-0.4, -0.2) is 40.9 Å². The van der Waals surface area contributed by atoms with Crippen molar-refractivity contribution in [3.63, 3.8) is 0 Å². The molecule has 0 heterocycles. The van der Waals surface area contributed by atoms with Gasteiger partial charge in [0, 0.05) is 38.1 Å². The molecule has 0 saturated carbocycles. The molecule has 0 aliphatic heterocycles. The number of rotatable bonds is 0. The van der Waals surface area contributed by atoms with E-state index in [2.05, 4.69) is 0 Å². The van der Waals surface area contributed by atoms with E-state index in [1.807, 2.05) is 0 Å². The van der Waals surface area contributed by atoms with Gasteiger partial charge in [-0.15, -0.1) is 0 Å². The van der Waals surface area contributed by atoms with E-state index in [-0.39, 0.29) is 117 Å². The molecule has 0 unspecified atom stereocenters. The average Bonchev–Trinajstić information content (AvgIpc) is 0.722. The van der Waals surface area contributed by atoms with Crippen molar-refractivity contribution >= 4 is 34.0 Å². The summed E-state index contributed by atoms with van der Waals surface area (Å²) >= 11 is 0. The van der Waals surface area contributed by atoms with Gasteiger partial charge in [-0.2, -0.15) is 0 Å². The average molecular weight is 502 g/mol. The molecule has 0 aromatic heterocycles. The van der Waals surface area contributed by atoms with Crippen LogP contribution in [0.1, 0.15) is 1.43 Å². The fourth-order valence-corrected chi connectivity index (χ4v) is 0. The Morgan fingerprint density at radius 2 is 1.22 bits per heavy atom. The largest absolute Gasteiger partial charge is 1.00 e. The predicted molar refractivity (Wildman–Crippen MR) is 25.3 cm³/mol.